The molecule has 0 aliphatic heterocycles. The van der Waals surface area contributed by atoms with Gasteiger partial charge in [0, 0.05) is 37.9 Å². The van der Waals surface area contributed by atoms with Crippen LogP contribution in [0, 0.1) is 0 Å². The van der Waals surface area contributed by atoms with Crippen molar-refractivity contribution in [3.8, 4) is 11.5 Å². The quantitative estimate of drug-likeness (QED) is 0.315. The first-order valence-electron chi connectivity index (χ1n) is 11.8. The number of ether oxygens (including phenoxy) is 2. The second-order valence-electron chi connectivity index (χ2n) is 8.38. The third-order valence-corrected chi connectivity index (χ3v) is 5.73. The van der Waals surface area contributed by atoms with Gasteiger partial charge in [0.25, 0.3) is 0 Å². The smallest absolute Gasteiger partial charge is 0.216 e. The van der Waals surface area contributed by atoms with Gasteiger partial charge in [0.15, 0.2) is 0 Å². The summed E-state index contributed by atoms with van der Waals surface area (Å²) in [5.74, 6) is 1.44. The lowest BCUT2D eigenvalue weighted by Crippen LogP contribution is -2.22. The Morgan fingerprint density at radius 2 is 1.40 bits per heavy atom. The number of carbonyl (C=O) groups excluding carboxylic acids is 2. The van der Waals surface area contributed by atoms with E-state index in [0.717, 1.165) is 45.2 Å². The molecule has 7 nitrogen and oxygen atoms in total. The fourth-order valence-corrected chi connectivity index (χ4v) is 4.03. The molecule has 0 saturated heterocycles. The highest BCUT2D eigenvalue weighted by molar-refractivity contribution is 5.87. The van der Waals surface area contributed by atoms with Crippen molar-refractivity contribution in [1.82, 2.24) is 10.6 Å². The molecule has 0 saturated carbocycles. The van der Waals surface area contributed by atoms with E-state index in [4.69, 9.17) is 13.9 Å². The van der Waals surface area contributed by atoms with Gasteiger partial charge in [-0.15, -0.1) is 0 Å². The zero-order chi connectivity index (χ0) is 24.6. The van der Waals surface area contributed by atoms with E-state index in [1.54, 1.807) is 6.26 Å². The number of benzene rings is 3. The molecule has 35 heavy (non-hydrogen) atoms. The normalized spacial score (nSPS) is 10.9. The number of fused-ring (bicyclic) bond motifs is 2. The largest absolute Gasteiger partial charge is 0.490 e. The minimum Gasteiger partial charge on any atom is -0.490 e. The number of hydrogen-bond acceptors (Lipinski definition) is 5. The Hall–Kier alpha value is -4.00. The number of amides is 2. The Balaban J connectivity index is 1.33. The molecule has 2 amide bonds. The van der Waals surface area contributed by atoms with Crippen LogP contribution in [0.1, 0.15) is 25.0 Å². The Kier molecular flexibility index (Phi) is 7.88. The lowest BCUT2D eigenvalue weighted by atomic mass is 10.0. The van der Waals surface area contributed by atoms with Crippen molar-refractivity contribution < 1.29 is 23.5 Å². The van der Waals surface area contributed by atoms with E-state index in [1.807, 2.05) is 42.5 Å². The van der Waals surface area contributed by atoms with Gasteiger partial charge in [-0.3, -0.25) is 9.59 Å². The highest BCUT2D eigenvalue weighted by Gasteiger charge is 2.08. The van der Waals surface area contributed by atoms with Crippen LogP contribution in [0.5, 0.6) is 11.5 Å². The Morgan fingerprint density at radius 3 is 2.09 bits per heavy atom. The molecule has 0 bridgehead atoms. The lowest BCUT2D eigenvalue weighted by molar-refractivity contribution is -0.119. The molecule has 7 heteroatoms. The maximum Gasteiger partial charge on any atom is 0.216 e. The minimum atomic E-state index is -0.0468. The summed E-state index contributed by atoms with van der Waals surface area (Å²) in [6, 6.07) is 17.9. The van der Waals surface area contributed by atoms with Crippen molar-refractivity contribution in [3.05, 3.63) is 72.0 Å². The summed E-state index contributed by atoms with van der Waals surface area (Å²) >= 11 is 0. The van der Waals surface area contributed by atoms with E-state index >= 15 is 0 Å². The van der Waals surface area contributed by atoms with Crippen LogP contribution < -0.4 is 20.1 Å². The fraction of sp³-hybridized carbons (Fsp3) is 0.286. The van der Waals surface area contributed by atoms with Crippen molar-refractivity contribution in [2.24, 2.45) is 0 Å². The number of furan rings is 1. The molecule has 1 aromatic heterocycles. The number of hydrogen-bond donors (Lipinski definition) is 2. The highest BCUT2D eigenvalue weighted by Crippen LogP contribution is 2.27. The average Bonchev–Trinajstić information content (AvgIpc) is 3.24. The van der Waals surface area contributed by atoms with Gasteiger partial charge < -0.3 is 24.5 Å². The first kappa shape index (κ1) is 24.1. The van der Waals surface area contributed by atoms with Gasteiger partial charge >= 0.3 is 0 Å². The summed E-state index contributed by atoms with van der Waals surface area (Å²) in [5, 5.41) is 8.89. The monoisotopic (exact) mass is 474 g/mol. The molecule has 0 atom stereocenters. The van der Waals surface area contributed by atoms with Gasteiger partial charge in [0.2, 0.25) is 11.8 Å². The molecule has 0 aliphatic carbocycles. The van der Waals surface area contributed by atoms with Gasteiger partial charge in [-0.1, -0.05) is 24.3 Å². The van der Waals surface area contributed by atoms with E-state index < -0.39 is 0 Å². The first-order chi connectivity index (χ1) is 17.0. The van der Waals surface area contributed by atoms with Gasteiger partial charge in [0.1, 0.15) is 30.3 Å². The second-order valence-corrected chi connectivity index (χ2v) is 8.38. The van der Waals surface area contributed by atoms with Crippen LogP contribution in [0.15, 0.2) is 65.3 Å². The molecular formula is C28H30N2O5. The van der Waals surface area contributed by atoms with Crippen LogP contribution in [0.3, 0.4) is 0 Å². The molecule has 4 rings (SSSR count). The molecule has 0 unspecified atom stereocenters. The maximum absolute atomic E-state index is 11.2. The third kappa shape index (κ3) is 6.53. The predicted octanol–water partition coefficient (Wildman–Crippen LogP) is 4.40. The van der Waals surface area contributed by atoms with Crippen LogP contribution in [0.25, 0.3) is 21.7 Å². The van der Waals surface area contributed by atoms with E-state index in [0.29, 0.717) is 32.7 Å². The molecule has 0 fully saturated rings. The van der Waals surface area contributed by atoms with Crippen LogP contribution in [0.4, 0.5) is 0 Å². The Morgan fingerprint density at radius 1 is 0.771 bits per heavy atom. The third-order valence-electron chi connectivity index (χ3n) is 5.73. The van der Waals surface area contributed by atoms with Crippen LogP contribution >= 0.6 is 0 Å². The molecule has 0 aliphatic rings. The number of carbonyl (C=O) groups is 2. The lowest BCUT2D eigenvalue weighted by Gasteiger charge is -2.11. The summed E-state index contributed by atoms with van der Waals surface area (Å²) < 4.78 is 17.5. The Bertz CT molecular complexity index is 1330. The van der Waals surface area contributed by atoms with Crippen molar-refractivity contribution in [2.45, 2.75) is 26.7 Å². The van der Waals surface area contributed by atoms with Crippen molar-refractivity contribution in [3.63, 3.8) is 0 Å². The number of rotatable bonds is 11. The molecule has 2 N–H and O–H groups in total. The van der Waals surface area contributed by atoms with Crippen LogP contribution in [-0.4, -0.2) is 38.1 Å². The van der Waals surface area contributed by atoms with Gasteiger partial charge in [-0.2, -0.15) is 0 Å². The van der Waals surface area contributed by atoms with E-state index in [-0.39, 0.29) is 11.8 Å². The average molecular weight is 475 g/mol. The number of nitrogens with one attached hydrogen (secondary N) is 2. The minimum absolute atomic E-state index is 0.0256. The van der Waals surface area contributed by atoms with Crippen molar-refractivity contribution in [1.29, 1.82) is 0 Å². The van der Waals surface area contributed by atoms with Gasteiger partial charge in [-0.25, -0.2) is 0 Å². The first-order valence-corrected chi connectivity index (χ1v) is 11.8. The molecule has 182 valence electrons. The van der Waals surface area contributed by atoms with Crippen molar-refractivity contribution in [2.75, 3.05) is 26.3 Å². The molecular weight excluding hydrogens is 444 g/mol. The predicted molar refractivity (Wildman–Crippen MR) is 136 cm³/mol. The van der Waals surface area contributed by atoms with Gasteiger partial charge in [0.05, 0.1) is 6.26 Å². The zero-order valence-electron chi connectivity index (χ0n) is 20.1. The maximum atomic E-state index is 11.2. The molecule has 0 radical (unpaired) electrons. The van der Waals surface area contributed by atoms with E-state index in [2.05, 4.69) is 22.8 Å². The molecule has 3 aromatic carbocycles. The molecule has 0 spiro atoms. The molecule has 1 heterocycles. The Labute approximate surface area is 204 Å². The summed E-state index contributed by atoms with van der Waals surface area (Å²) in [4.78, 5) is 22.3. The van der Waals surface area contributed by atoms with Gasteiger partial charge in [-0.05, 0) is 59.5 Å². The fourth-order valence-electron chi connectivity index (χ4n) is 4.03. The SMILES string of the molecule is CC(=O)NCCc1cccc2ccc(OCCOc3ccc4occ(CCNC(C)=O)c4c3)cc12. The van der Waals surface area contributed by atoms with Crippen LogP contribution in [-0.2, 0) is 22.4 Å². The molecule has 4 aromatic rings. The summed E-state index contributed by atoms with van der Waals surface area (Å²) in [6.07, 6.45) is 3.17. The zero-order valence-corrected chi connectivity index (χ0v) is 20.1. The highest BCUT2D eigenvalue weighted by atomic mass is 16.5. The summed E-state index contributed by atoms with van der Waals surface area (Å²) in [6.45, 7) is 4.99. The van der Waals surface area contributed by atoms with E-state index in [9.17, 15) is 9.59 Å². The van der Waals surface area contributed by atoms with Crippen molar-refractivity contribution >= 4 is 33.6 Å². The second kappa shape index (κ2) is 11.4. The standard InChI is InChI=1S/C28H30N2O5/c1-19(31)29-12-10-22-5-3-4-21-6-7-24(16-26(21)22)33-14-15-34-25-8-9-28-27(17-25)23(18-35-28)11-13-30-20(2)32/h3-9,16-18H,10-15H2,1-2H3,(H,29,31)(H,30,32). The summed E-state index contributed by atoms with van der Waals surface area (Å²) in [7, 11) is 0. The van der Waals surface area contributed by atoms with E-state index in [1.165, 1.54) is 19.4 Å². The topological polar surface area (TPSA) is 89.8 Å². The summed E-state index contributed by atoms with van der Waals surface area (Å²) in [5.41, 5.74) is 2.98. The van der Waals surface area contributed by atoms with Crippen LogP contribution in [0.2, 0.25) is 0 Å².